The highest BCUT2D eigenvalue weighted by molar-refractivity contribution is 9.10. The molecule has 1 heterocycles. The highest BCUT2D eigenvalue weighted by Crippen LogP contribution is 2.23. The van der Waals surface area contributed by atoms with Gasteiger partial charge < -0.3 is 16.4 Å². The third-order valence-corrected chi connectivity index (χ3v) is 3.62. The molecule has 1 aromatic heterocycles. The Bertz CT molecular complexity index is 600. The van der Waals surface area contributed by atoms with Gasteiger partial charge in [0, 0.05) is 22.8 Å². The first-order valence-corrected chi connectivity index (χ1v) is 7.29. The number of nitrogens with zero attached hydrogens (tertiary/aromatic N) is 2. The van der Waals surface area contributed by atoms with Gasteiger partial charge >= 0.3 is 0 Å². The van der Waals surface area contributed by atoms with Crippen molar-refractivity contribution in [3.05, 3.63) is 34.3 Å². The molecule has 2 rings (SSSR count). The summed E-state index contributed by atoms with van der Waals surface area (Å²) < 4.78 is 1.08. The first-order chi connectivity index (χ1) is 9.58. The number of nitrogens with two attached hydrogens (primary N) is 1. The summed E-state index contributed by atoms with van der Waals surface area (Å²) in [6.07, 6.45) is 1.03. The van der Waals surface area contributed by atoms with E-state index < -0.39 is 0 Å². The smallest absolute Gasteiger partial charge is 0.223 e. The maximum Gasteiger partial charge on any atom is 0.223 e. The Morgan fingerprint density at radius 3 is 2.65 bits per heavy atom. The SMILES string of the molecule is CCCNc1cc(Nc2ccc(Br)c(C)c2)nc(N)n1. The monoisotopic (exact) mass is 335 g/mol. The first kappa shape index (κ1) is 14.6. The van der Waals surface area contributed by atoms with Crippen LogP contribution in [0.15, 0.2) is 28.7 Å². The molecule has 0 aliphatic heterocycles. The van der Waals surface area contributed by atoms with Crippen molar-refractivity contribution in [2.75, 3.05) is 22.9 Å². The second-order valence-corrected chi connectivity index (χ2v) is 5.37. The molecule has 0 saturated heterocycles. The van der Waals surface area contributed by atoms with Crippen LogP contribution >= 0.6 is 15.9 Å². The number of hydrogen-bond donors (Lipinski definition) is 3. The molecule has 0 aliphatic rings. The molecule has 0 atom stereocenters. The van der Waals surface area contributed by atoms with Crippen molar-refractivity contribution < 1.29 is 0 Å². The average molecular weight is 336 g/mol. The number of nitrogen functional groups attached to an aromatic ring is 1. The second kappa shape index (κ2) is 6.56. The number of rotatable bonds is 5. The van der Waals surface area contributed by atoms with Crippen molar-refractivity contribution in [3.63, 3.8) is 0 Å². The van der Waals surface area contributed by atoms with Crippen LogP contribution in [-0.2, 0) is 0 Å². The molecule has 0 amide bonds. The molecular formula is C14H18BrN5. The molecule has 1 aromatic carbocycles. The summed E-state index contributed by atoms with van der Waals surface area (Å²) in [5, 5.41) is 6.44. The predicted molar refractivity (Wildman–Crippen MR) is 87.4 cm³/mol. The van der Waals surface area contributed by atoms with E-state index in [0.29, 0.717) is 5.82 Å². The number of nitrogens with one attached hydrogen (secondary N) is 2. The van der Waals surface area contributed by atoms with Crippen molar-refractivity contribution in [1.82, 2.24) is 9.97 Å². The van der Waals surface area contributed by atoms with Gasteiger partial charge in [-0.1, -0.05) is 22.9 Å². The molecule has 20 heavy (non-hydrogen) atoms. The standard InChI is InChI=1S/C14H18BrN5/c1-3-6-17-12-8-13(20-14(16)19-12)18-10-4-5-11(15)9(2)7-10/h4-5,7-8H,3,6H2,1-2H3,(H4,16,17,18,19,20). The summed E-state index contributed by atoms with van der Waals surface area (Å²) in [7, 11) is 0. The normalized spacial score (nSPS) is 10.3. The topological polar surface area (TPSA) is 75.9 Å². The highest BCUT2D eigenvalue weighted by atomic mass is 79.9. The van der Waals surface area contributed by atoms with Gasteiger partial charge in [-0.25, -0.2) is 0 Å². The molecule has 0 saturated carbocycles. The van der Waals surface area contributed by atoms with Gasteiger partial charge in [-0.3, -0.25) is 0 Å². The third kappa shape index (κ3) is 3.84. The fraction of sp³-hybridized carbons (Fsp3) is 0.286. The summed E-state index contributed by atoms with van der Waals surface area (Å²) >= 11 is 3.48. The van der Waals surface area contributed by atoms with Crippen LogP contribution in [0.1, 0.15) is 18.9 Å². The lowest BCUT2D eigenvalue weighted by atomic mass is 10.2. The number of aromatic nitrogens is 2. The Hall–Kier alpha value is -1.82. The molecule has 0 aliphatic carbocycles. The van der Waals surface area contributed by atoms with E-state index in [2.05, 4.69) is 43.5 Å². The molecule has 0 unspecified atom stereocenters. The minimum Gasteiger partial charge on any atom is -0.370 e. The van der Waals surface area contributed by atoms with Crippen LogP contribution in [0.3, 0.4) is 0 Å². The van der Waals surface area contributed by atoms with Crippen LogP contribution in [0.4, 0.5) is 23.3 Å². The lowest BCUT2D eigenvalue weighted by molar-refractivity contribution is 0.967. The maximum absolute atomic E-state index is 5.73. The van der Waals surface area contributed by atoms with Crippen molar-refractivity contribution in [3.8, 4) is 0 Å². The molecule has 2 aromatic rings. The summed E-state index contributed by atoms with van der Waals surface area (Å²) in [6, 6.07) is 7.87. The van der Waals surface area contributed by atoms with E-state index in [1.54, 1.807) is 0 Å². The van der Waals surface area contributed by atoms with Crippen LogP contribution in [0.25, 0.3) is 0 Å². The van der Waals surface area contributed by atoms with E-state index in [9.17, 15) is 0 Å². The molecule has 0 bridgehead atoms. The third-order valence-electron chi connectivity index (χ3n) is 2.73. The number of benzene rings is 1. The van der Waals surface area contributed by atoms with Crippen LogP contribution in [-0.4, -0.2) is 16.5 Å². The summed E-state index contributed by atoms with van der Waals surface area (Å²) in [4.78, 5) is 8.35. The minimum atomic E-state index is 0.252. The maximum atomic E-state index is 5.73. The van der Waals surface area contributed by atoms with Gasteiger partial charge in [0.1, 0.15) is 11.6 Å². The van der Waals surface area contributed by atoms with Crippen molar-refractivity contribution in [1.29, 1.82) is 0 Å². The molecule has 0 radical (unpaired) electrons. The van der Waals surface area contributed by atoms with Gasteiger partial charge in [0.25, 0.3) is 0 Å². The second-order valence-electron chi connectivity index (χ2n) is 4.51. The van der Waals surface area contributed by atoms with E-state index >= 15 is 0 Å². The lowest BCUT2D eigenvalue weighted by Crippen LogP contribution is -2.06. The lowest BCUT2D eigenvalue weighted by Gasteiger charge is -2.10. The van der Waals surface area contributed by atoms with Crippen LogP contribution in [0, 0.1) is 6.92 Å². The van der Waals surface area contributed by atoms with E-state index in [1.807, 2.05) is 31.2 Å². The quantitative estimate of drug-likeness (QED) is 0.776. The molecule has 5 nitrogen and oxygen atoms in total. The van der Waals surface area contributed by atoms with Gasteiger partial charge in [0.2, 0.25) is 5.95 Å². The molecule has 4 N–H and O–H groups in total. The van der Waals surface area contributed by atoms with Crippen molar-refractivity contribution in [2.24, 2.45) is 0 Å². The number of anilines is 4. The summed E-state index contributed by atoms with van der Waals surface area (Å²) in [6.45, 7) is 4.99. The Kier molecular flexibility index (Phi) is 4.79. The Morgan fingerprint density at radius 1 is 1.20 bits per heavy atom. The van der Waals surface area contributed by atoms with Crippen molar-refractivity contribution >= 4 is 39.2 Å². The van der Waals surface area contributed by atoms with E-state index in [-0.39, 0.29) is 5.95 Å². The summed E-state index contributed by atoms with van der Waals surface area (Å²) in [5.74, 6) is 1.66. The van der Waals surface area contributed by atoms with Gasteiger partial charge in [-0.15, -0.1) is 0 Å². The Balaban J connectivity index is 2.19. The fourth-order valence-electron chi connectivity index (χ4n) is 1.74. The molecule has 106 valence electrons. The van der Waals surface area contributed by atoms with Gasteiger partial charge in [-0.2, -0.15) is 9.97 Å². The predicted octanol–water partition coefficient (Wildman–Crippen LogP) is 3.70. The average Bonchev–Trinajstić information content (AvgIpc) is 2.40. The minimum absolute atomic E-state index is 0.252. The van der Waals surface area contributed by atoms with E-state index in [4.69, 9.17) is 5.73 Å². The number of hydrogen-bond acceptors (Lipinski definition) is 5. The van der Waals surface area contributed by atoms with Gasteiger partial charge in [-0.05, 0) is 37.1 Å². The highest BCUT2D eigenvalue weighted by Gasteiger charge is 2.03. The molecule has 0 fully saturated rings. The van der Waals surface area contributed by atoms with E-state index in [1.165, 1.54) is 0 Å². The van der Waals surface area contributed by atoms with Gasteiger partial charge in [0.15, 0.2) is 0 Å². The van der Waals surface area contributed by atoms with Crippen LogP contribution in [0.2, 0.25) is 0 Å². The number of halogens is 1. The molecule has 6 heteroatoms. The zero-order valence-corrected chi connectivity index (χ0v) is 13.2. The zero-order valence-electron chi connectivity index (χ0n) is 11.6. The van der Waals surface area contributed by atoms with Gasteiger partial charge in [0.05, 0.1) is 0 Å². The Morgan fingerprint density at radius 2 is 1.95 bits per heavy atom. The molecule has 0 spiro atoms. The first-order valence-electron chi connectivity index (χ1n) is 6.50. The molecular weight excluding hydrogens is 318 g/mol. The zero-order chi connectivity index (χ0) is 14.5. The number of aryl methyl sites for hydroxylation is 1. The van der Waals surface area contributed by atoms with E-state index in [0.717, 1.165) is 34.5 Å². The largest absolute Gasteiger partial charge is 0.370 e. The summed E-state index contributed by atoms with van der Waals surface area (Å²) in [5.41, 5.74) is 7.85. The fourth-order valence-corrected chi connectivity index (χ4v) is 1.99. The Labute approximate surface area is 127 Å². The van der Waals surface area contributed by atoms with Crippen LogP contribution in [0.5, 0.6) is 0 Å². The van der Waals surface area contributed by atoms with Crippen molar-refractivity contribution in [2.45, 2.75) is 20.3 Å². The van der Waals surface area contributed by atoms with Crippen LogP contribution < -0.4 is 16.4 Å².